The second kappa shape index (κ2) is 5.01. The fourth-order valence-corrected chi connectivity index (χ4v) is 0.909. The molecule has 14 heavy (non-hydrogen) atoms. The van der Waals surface area contributed by atoms with Crippen LogP contribution in [0.4, 0.5) is 0 Å². The van der Waals surface area contributed by atoms with Crippen LogP contribution in [0.1, 0.15) is 24.3 Å². The zero-order chi connectivity index (χ0) is 10.4. The lowest BCUT2D eigenvalue weighted by molar-refractivity contribution is 0.0962. The lowest BCUT2D eigenvalue weighted by Crippen LogP contribution is -2.21. The van der Waals surface area contributed by atoms with Crippen molar-refractivity contribution in [2.24, 2.45) is 0 Å². The third-order valence-corrected chi connectivity index (χ3v) is 1.58. The molecular weight excluding hydrogens is 180 g/mol. The predicted molar refractivity (Wildman–Crippen MR) is 52.5 cm³/mol. The van der Waals surface area contributed by atoms with Gasteiger partial charge in [0.15, 0.2) is 12.1 Å². The quantitative estimate of drug-likeness (QED) is 0.744. The Morgan fingerprint density at radius 1 is 1.57 bits per heavy atom. The molecule has 0 aliphatic heterocycles. The summed E-state index contributed by atoms with van der Waals surface area (Å²) in [5, 5.41) is 2.68. The fraction of sp³-hybridized carbons (Fsp3) is 0.200. The number of carbonyl (C=O) groups excluding carboxylic acids is 1. The third kappa shape index (κ3) is 2.58. The SMILES string of the molecule is CC=CC(=CC)NC(=O)c1cocn1. The number of nitrogens with zero attached hydrogens (tertiary/aromatic N) is 1. The summed E-state index contributed by atoms with van der Waals surface area (Å²) in [5.74, 6) is -0.273. The van der Waals surface area contributed by atoms with Crippen LogP contribution in [0.2, 0.25) is 0 Å². The van der Waals surface area contributed by atoms with Crippen molar-refractivity contribution >= 4 is 5.91 Å². The molecule has 1 aromatic rings. The smallest absolute Gasteiger partial charge is 0.277 e. The average molecular weight is 192 g/mol. The van der Waals surface area contributed by atoms with E-state index in [-0.39, 0.29) is 11.6 Å². The third-order valence-electron chi connectivity index (χ3n) is 1.58. The van der Waals surface area contributed by atoms with Crippen LogP contribution in [0.25, 0.3) is 0 Å². The van der Waals surface area contributed by atoms with E-state index in [2.05, 4.69) is 10.3 Å². The van der Waals surface area contributed by atoms with Crippen LogP contribution < -0.4 is 5.32 Å². The van der Waals surface area contributed by atoms with E-state index in [0.717, 1.165) is 5.70 Å². The van der Waals surface area contributed by atoms with Gasteiger partial charge in [-0.05, 0) is 19.9 Å². The standard InChI is InChI=1S/C10H12N2O2/c1-3-5-8(4-2)12-10(13)9-6-14-7-11-9/h3-7H,1-2H3,(H,12,13). The molecule has 4 heteroatoms. The molecule has 1 N–H and O–H groups in total. The van der Waals surface area contributed by atoms with Gasteiger partial charge in [-0.25, -0.2) is 4.98 Å². The molecule has 0 aliphatic carbocycles. The first-order chi connectivity index (χ1) is 6.77. The molecule has 0 aliphatic rings. The van der Waals surface area contributed by atoms with E-state index in [1.54, 1.807) is 12.2 Å². The van der Waals surface area contributed by atoms with E-state index in [9.17, 15) is 4.79 Å². The Hall–Kier alpha value is -1.84. The topological polar surface area (TPSA) is 55.1 Å². The Labute approximate surface area is 82.3 Å². The number of allylic oxidation sites excluding steroid dienone is 3. The van der Waals surface area contributed by atoms with Gasteiger partial charge in [-0.15, -0.1) is 0 Å². The summed E-state index contributed by atoms with van der Waals surface area (Å²) in [6, 6.07) is 0. The highest BCUT2D eigenvalue weighted by molar-refractivity contribution is 5.93. The van der Waals surface area contributed by atoms with E-state index in [4.69, 9.17) is 4.42 Å². The number of hydrogen-bond donors (Lipinski definition) is 1. The minimum absolute atomic E-state index is 0.272. The van der Waals surface area contributed by atoms with Gasteiger partial charge in [-0.3, -0.25) is 4.79 Å². The molecule has 0 fully saturated rings. The number of hydrogen-bond acceptors (Lipinski definition) is 3. The second-order valence-corrected chi connectivity index (χ2v) is 2.57. The largest absolute Gasteiger partial charge is 0.451 e. The molecule has 1 aromatic heterocycles. The summed E-state index contributed by atoms with van der Waals surface area (Å²) in [7, 11) is 0. The van der Waals surface area contributed by atoms with E-state index in [1.807, 2.05) is 19.9 Å². The van der Waals surface area contributed by atoms with Crippen molar-refractivity contribution in [3.05, 3.63) is 42.3 Å². The maximum Gasteiger partial charge on any atom is 0.277 e. The number of amides is 1. The highest BCUT2D eigenvalue weighted by atomic mass is 16.3. The molecule has 0 unspecified atom stereocenters. The van der Waals surface area contributed by atoms with Gasteiger partial charge in [-0.2, -0.15) is 0 Å². The Morgan fingerprint density at radius 3 is 2.86 bits per heavy atom. The highest BCUT2D eigenvalue weighted by Gasteiger charge is 2.08. The summed E-state index contributed by atoms with van der Waals surface area (Å²) in [5.41, 5.74) is 1.01. The molecular formula is C10H12N2O2. The van der Waals surface area contributed by atoms with Gasteiger partial charge in [-0.1, -0.05) is 12.2 Å². The first-order valence-corrected chi connectivity index (χ1v) is 4.26. The Kier molecular flexibility index (Phi) is 3.67. The van der Waals surface area contributed by atoms with Crippen molar-refractivity contribution < 1.29 is 9.21 Å². The van der Waals surface area contributed by atoms with Crippen LogP contribution in [-0.4, -0.2) is 10.9 Å². The molecule has 74 valence electrons. The maximum atomic E-state index is 11.4. The molecule has 1 heterocycles. The maximum absolute atomic E-state index is 11.4. The zero-order valence-corrected chi connectivity index (χ0v) is 8.15. The monoisotopic (exact) mass is 192 g/mol. The van der Waals surface area contributed by atoms with E-state index < -0.39 is 0 Å². The van der Waals surface area contributed by atoms with Crippen LogP contribution in [0.15, 0.2) is 41.0 Å². The summed E-state index contributed by atoms with van der Waals surface area (Å²) in [6.45, 7) is 3.73. The van der Waals surface area contributed by atoms with Gasteiger partial charge >= 0.3 is 0 Å². The summed E-state index contributed by atoms with van der Waals surface area (Å²) < 4.78 is 4.70. The number of nitrogens with one attached hydrogen (secondary N) is 1. The van der Waals surface area contributed by atoms with Crippen LogP contribution in [0.3, 0.4) is 0 Å². The van der Waals surface area contributed by atoms with Crippen molar-refractivity contribution in [1.82, 2.24) is 10.3 Å². The van der Waals surface area contributed by atoms with Gasteiger partial charge in [0.2, 0.25) is 0 Å². The Balaban J connectivity index is 2.65. The van der Waals surface area contributed by atoms with Crippen molar-refractivity contribution in [1.29, 1.82) is 0 Å². The first-order valence-electron chi connectivity index (χ1n) is 4.26. The minimum atomic E-state index is -0.273. The highest BCUT2D eigenvalue weighted by Crippen LogP contribution is 1.98. The van der Waals surface area contributed by atoms with Crippen LogP contribution >= 0.6 is 0 Å². The first kappa shape index (κ1) is 10.2. The molecule has 0 saturated carbocycles. The zero-order valence-electron chi connectivity index (χ0n) is 8.15. The summed E-state index contributed by atoms with van der Waals surface area (Å²) >= 11 is 0. The van der Waals surface area contributed by atoms with Crippen LogP contribution in [0.5, 0.6) is 0 Å². The molecule has 0 spiro atoms. The van der Waals surface area contributed by atoms with Crippen molar-refractivity contribution in [2.75, 3.05) is 0 Å². The minimum Gasteiger partial charge on any atom is -0.451 e. The number of aromatic nitrogens is 1. The van der Waals surface area contributed by atoms with Gasteiger partial charge in [0.25, 0.3) is 5.91 Å². The summed E-state index contributed by atoms with van der Waals surface area (Å²) in [6.07, 6.45) is 7.98. The lowest BCUT2D eigenvalue weighted by Gasteiger charge is -2.01. The van der Waals surface area contributed by atoms with Gasteiger partial charge in [0, 0.05) is 5.70 Å². The Morgan fingerprint density at radius 2 is 2.36 bits per heavy atom. The van der Waals surface area contributed by atoms with Crippen LogP contribution in [0, 0.1) is 0 Å². The molecule has 0 bridgehead atoms. The number of oxazole rings is 1. The predicted octanol–water partition coefficient (Wildman–Crippen LogP) is 1.88. The van der Waals surface area contributed by atoms with Crippen LogP contribution in [-0.2, 0) is 0 Å². The Bertz CT molecular complexity index is 350. The van der Waals surface area contributed by atoms with Crippen molar-refractivity contribution in [3.8, 4) is 0 Å². The second-order valence-electron chi connectivity index (χ2n) is 2.57. The number of rotatable bonds is 3. The molecule has 0 saturated heterocycles. The van der Waals surface area contributed by atoms with Crippen molar-refractivity contribution in [2.45, 2.75) is 13.8 Å². The molecule has 1 amide bonds. The molecule has 4 nitrogen and oxygen atoms in total. The molecule has 0 atom stereocenters. The van der Waals surface area contributed by atoms with E-state index in [1.165, 1.54) is 12.7 Å². The van der Waals surface area contributed by atoms with Gasteiger partial charge in [0.05, 0.1) is 0 Å². The van der Waals surface area contributed by atoms with E-state index in [0.29, 0.717) is 0 Å². The number of carbonyl (C=O) groups is 1. The fourth-order valence-electron chi connectivity index (χ4n) is 0.909. The van der Waals surface area contributed by atoms with Crippen molar-refractivity contribution in [3.63, 3.8) is 0 Å². The molecule has 0 aromatic carbocycles. The molecule has 1 rings (SSSR count). The lowest BCUT2D eigenvalue weighted by atomic mass is 10.3. The summed E-state index contributed by atoms with van der Waals surface area (Å²) in [4.78, 5) is 15.2. The van der Waals surface area contributed by atoms with E-state index >= 15 is 0 Å². The van der Waals surface area contributed by atoms with Gasteiger partial charge < -0.3 is 9.73 Å². The van der Waals surface area contributed by atoms with Gasteiger partial charge in [0.1, 0.15) is 6.26 Å². The molecule has 0 radical (unpaired) electrons. The normalized spacial score (nSPS) is 12.0. The average Bonchev–Trinajstić information content (AvgIpc) is 2.69.